The number of nitrogens with one attached hydrogen (secondary N) is 2. The molecule has 0 bridgehead atoms. The summed E-state index contributed by atoms with van der Waals surface area (Å²) in [6.07, 6.45) is 3.81. The minimum absolute atomic E-state index is 0.0247. The number of aromatic nitrogens is 1. The third-order valence-corrected chi connectivity index (χ3v) is 3.48. The third-order valence-electron chi connectivity index (χ3n) is 3.48. The van der Waals surface area contributed by atoms with Crippen LogP contribution in [0, 0.1) is 0 Å². The molecule has 0 saturated carbocycles. The van der Waals surface area contributed by atoms with Crippen molar-refractivity contribution in [1.82, 2.24) is 15.6 Å². The Morgan fingerprint density at radius 3 is 2.95 bits per heavy atom. The topological polar surface area (TPSA) is 54.0 Å². The Balaban J connectivity index is 1.55. The highest BCUT2D eigenvalue weighted by molar-refractivity contribution is 5.78. The first-order valence-electron chi connectivity index (χ1n) is 6.78. The standard InChI is InChI=1S/C16H17N3O/c20-16(7-12-2-1-5-17-8-12)19-9-13-3-4-14-10-18-11-15(14)6-13/h1-6,8,18H,7,9-11H2,(H,19,20). The lowest BCUT2D eigenvalue weighted by atomic mass is 10.1. The maximum absolute atomic E-state index is 11.9. The molecule has 1 aromatic carbocycles. The maximum atomic E-state index is 11.9. The van der Waals surface area contributed by atoms with Crippen molar-refractivity contribution in [2.75, 3.05) is 0 Å². The molecule has 0 atom stereocenters. The molecule has 0 saturated heterocycles. The van der Waals surface area contributed by atoms with Crippen LogP contribution < -0.4 is 10.6 Å². The van der Waals surface area contributed by atoms with Crippen LogP contribution in [0.3, 0.4) is 0 Å². The first kappa shape index (κ1) is 12.8. The van der Waals surface area contributed by atoms with E-state index in [1.165, 1.54) is 11.1 Å². The van der Waals surface area contributed by atoms with E-state index in [1.54, 1.807) is 12.4 Å². The summed E-state index contributed by atoms with van der Waals surface area (Å²) >= 11 is 0. The number of rotatable bonds is 4. The summed E-state index contributed by atoms with van der Waals surface area (Å²) in [7, 11) is 0. The van der Waals surface area contributed by atoms with Gasteiger partial charge < -0.3 is 10.6 Å². The summed E-state index contributed by atoms with van der Waals surface area (Å²) in [5.74, 6) is 0.0247. The molecule has 4 nitrogen and oxygen atoms in total. The number of nitrogens with zero attached hydrogens (tertiary/aromatic N) is 1. The van der Waals surface area contributed by atoms with Gasteiger partial charge in [0, 0.05) is 32.0 Å². The smallest absolute Gasteiger partial charge is 0.224 e. The molecule has 1 aliphatic rings. The van der Waals surface area contributed by atoms with Gasteiger partial charge in [-0.2, -0.15) is 0 Å². The first-order chi connectivity index (χ1) is 9.81. The fourth-order valence-electron chi connectivity index (χ4n) is 2.41. The number of benzene rings is 1. The average molecular weight is 267 g/mol. The monoisotopic (exact) mass is 267 g/mol. The highest BCUT2D eigenvalue weighted by atomic mass is 16.1. The number of carbonyl (C=O) groups excluding carboxylic acids is 1. The van der Waals surface area contributed by atoms with E-state index in [-0.39, 0.29) is 5.91 Å². The van der Waals surface area contributed by atoms with Crippen molar-refractivity contribution in [3.05, 3.63) is 65.0 Å². The highest BCUT2D eigenvalue weighted by Gasteiger charge is 2.10. The molecule has 4 heteroatoms. The molecule has 0 aliphatic carbocycles. The largest absolute Gasteiger partial charge is 0.352 e. The minimum atomic E-state index is 0.0247. The van der Waals surface area contributed by atoms with Crippen LogP contribution in [0.1, 0.15) is 22.3 Å². The van der Waals surface area contributed by atoms with E-state index >= 15 is 0 Å². The Kier molecular flexibility index (Phi) is 3.74. The summed E-state index contributed by atoms with van der Waals surface area (Å²) in [5, 5.41) is 6.27. The second-order valence-electron chi connectivity index (χ2n) is 5.02. The van der Waals surface area contributed by atoms with Gasteiger partial charge in [-0.15, -0.1) is 0 Å². The molecule has 2 N–H and O–H groups in total. The average Bonchev–Trinajstić information content (AvgIpc) is 2.93. The van der Waals surface area contributed by atoms with Crippen molar-refractivity contribution in [3.8, 4) is 0 Å². The van der Waals surface area contributed by atoms with Crippen molar-refractivity contribution >= 4 is 5.91 Å². The van der Waals surface area contributed by atoms with Crippen molar-refractivity contribution in [2.45, 2.75) is 26.1 Å². The SMILES string of the molecule is O=C(Cc1cccnc1)NCc1ccc2c(c1)CNC2. The molecular formula is C16H17N3O. The molecule has 20 heavy (non-hydrogen) atoms. The summed E-state index contributed by atoms with van der Waals surface area (Å²) in [4.78, 5) is 15.9. The molecule has 1 aliphatic heterocycles. The van der Waals surface area contributed by atoms with Crippen LogP contribution in [-0.2, 0) is 30.8 Å². The van der Waals surface area contributed by atoms with Crippen molar-refractivity contribution in [3.63, 3.8) is 0 Å². The number of hydrogen-bond acceptors (Lipinski definition) is 3. The zero-order chi connectivity index (χ0) is 13.8. The molecule has 3 rings (SSSR count). The van der Waals surface area contributed by atoms with E-state index in [9.17, 15) is 4.79 Å². The highest BCUT2D eigenvalue weighted by Crippen LogP contribution is 2.16. The predicted octanol–water partition coefficient (Wildman–Crippen LogP) is 1.54. The zero-order valence-electron chi connectivity index (χ0n) is 11.2. The molecule has 0 fully saturated rings. The number of amides is 1. The van der Waals surface area contributed by atoms with E-state index < -0.39 is 0 Å². The number of carbonyl (C=O) groups is 1. The summed E-state index contributed by atoms with van der Waals surface area (Å²) in [6, 6.07) is 10.1. The van der Waals surface area contributed by atoms with Gasteiger partial charge in [0.25, 0.3) is 0 Å². The van der Waals surface area contributed by atoms with Crippen LogP contribution in [-0.4, -0.2) is 10.9 Å². The molecule has 0 radical (unpaired) electrons. The Labute approximate surface area is 118 Å². The minimum Gasteiger partial charge on any atom is -0.352 e. The van der Waals surface area contributed by atoms with Gasteiger partial charge >= 0.3 is 0 Å². The Morgan fingerprint density at radius 2 is 2.10 bits per heavy atom. The zero-order valence-corrected chi connectivity index (χ0v) is 11.2. The van der Waals surface area contributed by atoms with Crippen molar-refractivity contribution < 1.29 is 4.79 Å². The van der Waals surface area contributed by atoms with Crippen LogP contribution in [0.15, 0.2) is 42.7 Å². The lowest BCUT2D eigenvalue weighted by Gasteiger charge is -2.07. The number of fused-ring (bicyclic) bond motifs is 1. The predicted molar refractivity (Wildman–Crippen MR) is 76.8 cm³/mol. The fraction of sp³-hybridized carbons (Fsp3) is 0.250. The fourth-order valence-corrected chi connectivity index (χ4v) is 2.41. The van der Waals surface area contributed by atoms with E-state index in [4.69, 9.17) is 0 Å². The van der Waals surface area contributed by atoms with Gasteiger partial charge in [0.05, 0.1) is 6.42 Å². The van der Waals surface area contributed by atoms with Crippen molar-refractivity contribution in [2.24, 2.45) is 0 Å². The molecule has 2 aromatic rings. The summed E-state index contributed by atoms with van der Waals surface area (Å²) < 4.78 is 0. The van der Waals surface area contributed by atoms with Gasteiger partial charge in [-0.05, 0) is 28.3 Å². The lowest BCUT2D eigenvalue weighted by Crippen LogP contribution is -2.24. The second kappa shape index (κ2) is 5.84. The quantitative estimate of drug-likeness (QED) is 0.883. The Hall–Kier alpha value is -2.20. The molecule has 1 aromatic heterocycles. The molecule has 0 spiro atoms. The van der Waals surface area contributed by atoms with E-state index in [0.29, 0.717) is 13.0 Å². The van der Waals surface area contributed by atoms with Gasteiger partial charge in [0.2, 0.25) is 5.91 Å². The van der Waals surface area contributed by atoms with Crippen LogP contribution in [0.5, 0.6) is 0 Å². The number of hydrogen-bond donors (Lipinski definition) is 2. The third kappa shape index (κ3) is 3.03. The molecule has 102 valence electrons. The normalized spacial score (nSPS) is 13.0. The maximum Gasteiger partial charge on any atom is 0.224 e. The van der Waals surface area contributed by atoms with E-state index in [2.05, 4.69) is 33.8 Å². The number of pyridine rings is 1. The van der Waals surface area contributed by atoms with Gasteiger partial charge in [0.1, 0.15) is 0 Å². The van der Waals surface area contributed by atoms with Gasteiger partial charge in [0.15, 0.2) is 0 Å². The van der Waals surface area contributed by atoms with Crippen LogP contribution >= 0.6 is 0 Å². The molecule has 1 amide bonds. The Bertz CT molecular complexity index is 610. The van der Waals surface area contributed by atoms with Gasteiger partial charge in [-0.1, -0.05) is 24.3 Å². The molecule has 0 unspecified atom stereocenters. The molecule has 2 heterocycles. The summed E-state index contributed by atoms with van der Waals surface area (Å²) in [5.41, 5.74) is 4.77. The van der Waals surface area contributed by atoms with Gasteiger partial charge in [-0.25, -0.2) is 0 Å². The first-order valence-corrected chi connectivity index (χ1v) is 6.78. The Morgan fingerprint density at radius 1 is 1.20 bits per heavy atom. The van der Waals surface area contributed by atoms with Crippen molar-refractivity contribution in [1.29, 1.82) is 0 Å². The molecular weight excluding hydrogens is 250 g/mol. The van der Waals surface area contributed by atoms with E-state index in [0.717, 1.165) is 24.2 Å². The lowest BCUT2D eigenvalue weighted by molar-refractivity contribution is -0.120. The summed E-state index contributed by atoms with van der Waals surface area (Å²) in [6.45, 7) is 2.45. The van der Waals surface area contributed by atoms with E-state index in [1.807, 2.05) is 12.1 Å². The van der Waals surface area contributed by atoms with Crippen LogP contribution in [0.25, 0.3) is 0 Å². The second-order valence-corrected chi connectivity index (χ2v) is 5.02. The van der Waals surface area contributed by atoms with Gasteiger partial charge in [-0.3, -0.25) is 9.78 Å². The van der Waals surface area contributed by atoms with Crippen LogP contribution in [0.2, 0.25) is 0 Å². The van der Waals surface area contributed by atoms with Crippen LogP contribution in [0.4, 0.5) is 0 Å².